The Bertz CT molecular complexity index is 939. The molecule has 0 atom stereocenters. The van der Waals surface area contributed by atoms with E-state index in [4.69, 9.17) is 0 Å². The Kier molecular flexibility index (Phi) is 4.14. The normalized spacial score (nSPS) is 14.7. The minimum absolute atomic E-state index is 0.0945. The van der Waals surface area contributed by atoms with Crippen LogP contribution in [0.25, 0.3) is 10.7 Å². The number of ketones is 1. The predicted molar refractivity (Wildman–Crippen MR) is 85.6 cm³/mol. The Morgan fingerprint density at radius 1 is 1.35 bits per heavy atom. The van der Waals surface area contributed by atoms with Crippen LogP contribution in [0.15, 0.2) is 29.0 Å². The van der Waals surface area contributed by atoms with Crippen molar-refractivity contribution in [2.24, 2.45) is 5.92 Å². The van der Waals surface area contributed by atoms with Gasteiger partial charge in [0.05, 0.1) is 23.2 Å². The third-order valence-corrected chi connectivity index (χ3v) is 5.06. The number of carbonyl (C=O) groups is 1. The van der Waals surface area contributed by atoms with Gasteiger partial charge in [-0.05, 0) is 30.9 Å². The van der Waals surface area contributed by atoms with Gasteiger partial charge in [0.1, 0.15) is 0 Å². The molecule has 136 valence electrons. The van der Waals surface area contributed by atoms with Crippen LogP contribution in [0.3, 0.4) is 0 Å². The van der Waals surface area contributed by atoms with Crippen molar-refractivity contribution in [3.63, 3.8) is 0 Å². The molecule has 3 aromatic heterocycles. The van der Waals surface area contributed by atoms with Gasteiger partial charge in [0.15, 0.2) is 5.78 Å². The third-order valence-electron chi connectivity index (χ3n) is 3.99. The van der Waals surface area contributed by atoms with Gasteiger partial charge in [-0.1, -0.05) is 5.16 Å². The molecule has 0 aliphatic heterocycles. The van der Waals surface area contributed by atoms with Gasteiger partial charge in [0.25, 0.3) is 0 Å². The first-order valence-electron chi connectivity index (χ1n) is 7.94. The van der Waals surface area contributed by atoms with Crippen molar-refractivity contribution in [3.05, 3.63) is 40.9 Å². The van der Waals surface area contributed by atoms with E-state index in [-0.39, 0.29) is 11.6 Å². The molecule has 6 nitrogen and oxygen atoms in total. The lowest BCUT2D eigenvalue weighted by molar-refractivity contribution is -0.159. The van der Waals surface area contributed by atoms with Gasteiger partial charge in [-0.3, -0.25) is 9.48 Å². The molecule has 1 aliphatic rings. The molecule has 0 radical (unpaired) electrons. The Hall–Kier alpha value is -2.49. The number of aromatic nitrogens is 4. The molecule has 1 fully saturated rings. The molecule has 3 aromatic rings. The van der Waals surface area contributed by atoms with Crippen molar-refractivity contribution in [3.8, 4) is 10.7 Å². The maximum absolute atomic E-state index is 12.5. The van der Waals surface area contributed by atoms with Crippen LogP contribution in [0.4, 0.5) is 13.2 Å². The average Bonchev–Trinajstić information content (AvgIpc) is 3.01. The van der Waals surface area contributed by atoms with E-state index < -0.39 is 12.1 Å². The van der Waals surface area contributed by atoms with E-state index in [2.05, 4.69) is 19.8 Å². The molecule has 1 saturated carbocycles. The number of hydrogen-bond donors (Lipinski definition) is 0. The SMILES string of the molecule is O=C(CC1CC1)c1cnn(Cc2ccc(-c3noc(C(F)(F)F)n3)s2)c1. The van der Waals surface area contributed by atoms with Crippen molar-refractivity contribution < 1.29 is 22.5 Å². The number of halogens is 3. The fourth-order valence-corrected chi connectivity index (χ4v) is 3.40. The van der Waals surface area contributed by atoms with Gasteiger partial charge in [0, 0.05) is 17.5 Å². The molecule has 10 heteroatoms. The lowest BCUT2D eigenvalue weighted by atomic mass is 10.1. The Labute approximate surface area is 149 Å². The average molecular weight is 382 g/mol. The first-order valence-corrected chi connectivity index (χ1v) is 8.76. The third kappa shape index (κ3) is 3.69. The summed E-state index contributed by atoms with van der Waals surface area (Å²) >= 11 is 1.24. The van der Waals surface area contributed by atoms with Crippen LogP contribution in [0.1, 0.15) is 40.4 Å². The minimum Gasteiger partial charge on any atom is -0.329 e. The summed E-state index contributed by atoms with van der Waals surface area (Å²) < 4.78 is 43.5. The van der Waals surface area contributed by atoms with Crippen LogP contribution in [-0.2, 0) is 12.7 Å². The minimum atomic E-state index is -4.66. The quantitative estimate of drug-likeness (QED) is 0.602. The lowest BCUT2D eigenvalue weighted by Crippen LogP contribution is -2.04. The van der Waals surface area contributed by atoms with Crippen LogP contribution >= 0.6 is 11.3 Å². The number of rotatable bonds is 6. The van der Waals surface area contributed by atoms with Crippen molar-refractivity contribution in [2.45, 2.75) is 32.0 Å². The molecule has 26 heavy (non-hydrogen) atoms. The highest BCUT2D eigenvalue weighted by molar-refractivity contribution is 7.15. The summed E-state index contributed by atoms with van der Waals surface area (Å²) in [6, 6.07) is 3.39. The molecule has 4 rings (SSSR count). The van der Waals surface area contributed by atoms with E-state index >= 15 is 0 Å². The van der Waals surface area contributed by atoms with Crippen molar-refractivity contribution in [2.75, 3.05) is 0 Å². The highest BCUT2D eigenvalue weighted by Crippen LogP contribution is 2.34. The van der Waals surface area contributed by atoms with Gasteiger partial charge in [-0.15, -0.1) is 11.3 Å². The molecule has 0 saturated heterocycles. The fourth-order valence-electron chi connectivity index (χ4n) is 2.48. The van der Waals surface area contributed by atoms with E-state index in [1.165, 1.54) is 11.3 Å². The molecule has 1 aliphatic carbocycles. The summed E-state index contributed by atoms with van der Waals surface area (Å²) in [5.74, 6) is -0.859. The summed E-state index contributed by atoms with van der Waals surface area (Å²) in [6.45, 7) is 0.408. The van der Waals surface area contributed by atoms with E-state index in [1.54, 1.807) is 29.2 Å². The zero-order valence-corrected chi connectivity index (χ0v) is 14.2. The molecule has 3 heterocycles. The van der Waals surface area contributed by atoms with Crippen LogP contribution in [0, 0.1) is 5.92 Å². The number of thiophene rings is 1. The van der Waals surface area contributed by atoms with Gasteiger partial charge >= 0.3 is 12.1 Å². The van der Waals surface area contributed by atoms with Crippen LogP contribution < -0.4 is 0 Å². The maximum atomic E-state index is 12.5. The molecular formula is C16H13F3N4O2S. The molecule has 0 unspecified atom stereocenters. The van der Waals surface area contributed by atoms with E-state index in [9.17, 15) is 18.0 Å². The van der Waals surface area contributed by atoms with Crippen LogP contribution in [-0.4, -0.2) is 25.7 Å². The molecular weight excluding hydrogens is 369 g/mol. The smallest absolute Gasteiger partial charge is 0.329 e. The lowest BCUT2D eigenvalue weighted by Gasteiger charge is -1.97. The maximum Gasteiger partial charge on any atom is 0.471 e. The summed E-state index contributed by atoms with van der Waals surface area (Å²) in [7, 11) is 0. The molecule has 0 spiro atoms. The fraction of sp³-hybridized carbons (Fsp3) is 0.375. The van der Waals surface area contributed by atoms with Crippen LogP contribution in [0.2, 0.25) is 0 Å². The van der Waals surface area contributed by atoms with Gasteiger partial charge in [0.2, 0.25) is 5.82 Å². The zero-order valence-electron chi connectivity index (χ0n) is 13.4. The molecule has 0 N–H and O–H groups in total. The van der Waals surface area contributed by atoms with Crippen molar-refractivity contribution >= 4 is 17.1 Å². The Balaban J connectivity index is 1.44. The highest BCUT2D eigenvalue weighted by Gasteiger charge is 2.38. The first kappa shape index (κ1) is 17.0. The molecule has 0 bridgehead atoms. The summed E-state index contributed by atoms with van der Waals surface area (Å²) in [5, 5.41) is 7.55. The number of Topliss-reactive ketones (excluding diaryl/α,β-unsaturated/α-hetero) is 1. The van der Waals surface area contributed by atoms with Gasteiger partial charge in [-0.25, -0.2) is 0 Å². The zero-order chi connectivity index (χ0) is 18.3. The topological polar surface area (TPSA) is 73.8 Å². The van der Waals surface area contributed by atoms with Crippen LogP contribution in [0.5, 0.6) is 0 Å². The van der Waals surface area contributed by atoms with Gasteiger partial charge in [-0.2, -0.15) is 23.3 Å². The second-order valence-corrected chi connectivity index (χ2v) is 7.35. The summed E-state index contributed by atoms with van der Waals surface area (Å²) in [5.41, 5.74) is 0.585. The van der Waals surface area contributed by atoms with E-state index in [0.717, 1.165) is 17.7 Å². The standard InChI is InChI=1S/C16H13F3N4O2S/c17-16(18,19)15-21-14(22-25-15)13-4-3-11(26-13)8-23-7-10(6-20-23)12(24)5-9-1-2-9/h3-4,6-7,9H,1-2,5,8H2. The van der Waals surface area contributed by atoms with Gasteiger partial charge < -0.3 is 4.52 Å². The first-order chi connectivity index (χ1) is 12.4. The predicted octanol–water partition coefficient (Wildman–Crippen LogP) is 4.04. The second kappa shape index (κ2) is 6.35. The van der Waals surface area contributed by atoms with Crippen molar-refractivity contribution in [1.82, 2.24) is 19.9 Å². The number of carbonyl (C=O) groups excluding carboxylic acids is 1. The largest absolute Gasteiger partial charge is 0.471 e. The summed E-state index contributed by atoms with van der Waals surface area (Å²) in [6.07, 6.45) is 1.38. The van der Waals surface area contributed by atoms with Crippen molar-refractivity contribution in [1.29, 1.82) is 0 Å². The summed E-state index contributed by atoms with van der Waals surface area (Å²) in [4.78, 5) is 16.8. The number of hydrogen-bond acceptors (Lipinski definition) is 6. The monoisotopic (exact) mass is 382 g/mol. The molecule has 0 aromatic carbocycles. The van der Waals surface area contributed by atoms with E-state index in [0.29, 0.717) is 29.3 Å². The number of alkyl halides is 3. The number of nitrogens with zero attached hydrogens (tertiary/aromatic N) is 4. The molecule has 0 amide bonds. The Morgan fingerprint density at radius 3 is 2.85 bits per heavy atom. The highest BCUT2D eigenvalue weighted by atomic mass is 32.1. The Morgan fingerprint density at radius 2 is 2.15 bits per heavy atom. The second-order valence-electron chi connectivity index (χ2n) is 6.18. The van der Waals surface area contributed by atoms with E-state index in [1.807, 2.05) is 0 Å².